The molecule has 4 heteroatoms. The molecule has 1 unspecified atom stereocenters. The molecule has 1 aromatic heterocycles. The summed E-state index contributed by atoms with van der Waals surface area (Å²) in [6.45, 7) is 4.30. The molecule has 1 atom stereocenters. The van der Waals surface area contributed by atoms with Gasteiger partial charge in [0.1, 0.15) is 10.8 Å². The molecule has 3 N–H and O–H groups in total. The van der Waals surface area contributed by atoms with E-state index in [-0.39, 0.29) is 0 Å². The molecule has 0 saturated carbocycles. The molecule has 1 aromatic rings. The van der Waals surface area contributed by atoms with Crippen LogP contribution in [0.25, 0.3) is 0 Å². The second-order valence-corrected chi connectivity index (χ2v) is 4.07. The molecule has 0 aliphatic rings. The van der Waals surface area contributed by atoms with Crippen molar-refractivity contribution in [1.29, 1.82) is 0 Å². The van der Waals surface area contributed by atoms with Crippen LogP contribution in [0.2, 0.25) is 0 Å². The highest BCUT2D eigenvalue weighted by Crippen LogP contribution is 2.09. The number of rotatable bonds is 5. The number of hydrogen-bond acceptors (Lipinski definition) is 3. The van der Waals surface area contributed by atoms with E-state index in [0.29, 0.717) is 11.0 Å². The Labute approximate surface area is 96.1 Å². The molecular weight excluding hydrogens is 206 g/mol. The van der Waals surface area contributed by atoms with E-state index in [1.165, 1.54) is 0 Å². The maximum Gasteiger partial charge on any atom is 0.126 e. The van der Waals surface area contributed by atoms with Crippen molar-refractivity contribution in [1.82, 2.24) is 4.98 Å². The summed E-state index contributed by atoms with van der Waals surface area (Å²) in [4.78, 5) is 4.62. The number of aromatic nitrogens is 1. The Morgan fingerprint density at radius 1 is 1.67 bits per heavy atom. The summed E-state index contributed by atoms with van der Waals surface area (Å²) >= 11 is 4.91. The quantitative estimate of drug-likeness (QED) is 0.752. The van der Waals surface area contributed by atoms with Gasteiger partial charge in [0.25, 0.3) is 0 Å². The zero-order valence-electron chi connectivity index (χ0n) is 9.16. The monoisotopic (exact) mass is 223 g/mol. The number of anilines is 1. The van der Waals surface area contributed by atoms with E-state index in [1.54, 1.807) is 6.20 Å². The van der Waals surface area contributed by atoms with Crippen molar-refractivity contribution >= 4 is 23.0 Å². The molecule has 1 rings (SSSR count). The topological polar surface area (TPSA) is 50.9 Å². The van der Waals surface area contributed by atoms with E-state index in [1.807, 2.05) is 12.1 Å². The lowest BCUT2D eigenvalue weighted by Crippen LogP contribution is -2.16. The lowest BCUT2D eigenvalue weighted by atomic mass is 10.2. The number of nitrogens with one attached hydrogen (secondary N) is 1. The van der Waals surface area contributed by atoms with Crippen LogP contribution in [-0.2, 0) is 0 Å². The van der Waals surface area contributed by atoms with Gasteiger partial charge in [0.15, 0.2) is 0 Å². The number of nitrogens with zero attached hydrogens (tertiary/aromatic N) is 1. The summed E-state index contributed by atoms with van der Waals surface area (Å²) in [6, 6.07) is 4.12. The first kappa shape index (κ1) is 11.9. The van der Waals surface area contributed by atoms with Gasteiger partial charge in [-0.2, -0.15) is 0 Å². The lowest BCUT2D eigenvalue weighted by Gasteiger charge is -2.13. The maximum absolute atomic E-state index is 5.55. The summed E-state index contributed by atoms with van der Waals surface area (Å²) in [6.07, 6.45) is 4.00. The summed E-state index contributed by atoms with van der Waals surface area (Å²) < 4.78 is 0. The zero-order valence-corrected chi connectivity index (χ0v) is 9.97. The molecule has 0 aliphatic carbocycles. The fourth-order valence-corrected chi connectivity index (χ4v) is 1.55. The highest BCUT2D eigenvalue weighted by molar-refractivity contribution is 7.80. The van der Waals surface area contributed by atoms with E-state index >= 15 is 0 Å². The summed E-state index contributed by atoms with van der Waals surface area (Å²) in [5.41, 5.74) is 6.40. The van der Waals surface area contributed by atoms with E-state index in [0.717, 1.165) is 24.2 Å². The Balaban J connectivity index is 2.69. The van der Waals surface area contributed by atoms with Gasteiger partial charge in [-0.05, 0) is 25.5 Å². The van der Waals surface area contributed by atoms with Gasteiger partial charge < -0.3 is 11.1 Å². The van der Waals surface area contributed by atoms with E-state index in [9.17, 15) is 0 Å². The van der Waals surface area contributed by atoms with Gasteiger partial charge >= 0.3 is 0 Å². The number of hydrogen-bond donors (Lipinski definition) is 2. The largest absolute Gasteiger partial charge is 0.389 e. The Bertz CT molecular complexity index is 338. The summed E-state index contributed by atoms with van der Waals surface area (Å²) in [5.74, 6) is 0.834. The van der Waals surface area contributed by atoms with E-state index in [4.69, 9.17) is 18.0 Å². The van der Waals surface area contributed by atoms with Crippen molar-refractivity contribution in [2.75, 3.05) is 5.32 Å². The standard InChI is InChI=1S/C11H17N3S/c1-3-4-8(2)14-10-7-9(11(12)15)5-6-13-10/h5-8H,3-4H2,1-2H3,(H2,12,15)(H,13,14). The Morgan fingerprint density at radius 2 is 2.40 bits per heavy atom. The van der Waals surface area contributed by atoms with E-state index < -0.39 is 0 Å². The van der Waals surface area contributed by atoms with Gasteiger partial charge in [-0.25, -0.2) is 4.98 Å². The van der Waals surface area contributed by atoms with Gasteiger partial charge in [-0.3, -0.25) is 0 Å². The van der Waals surface area contributed by atoms with Crippen molar-refractivity contribution in [3.05, 3.63) is 23.9 Å². The second-order valence-electron chi connectivity index (χ2n) is 3.63. The van der Waals surface area contributed by atoms with Crippen LogP contribution in [0.1, 0.15) is 32.3 Å². The Hall–Kier alpha value is -1.16. The van der Waals surface area contributed by atoms with Crippen LogP contribution >= 0.6 is 12.2 Å². The van der Waals surface area contributed by atoms with Gasteiger partial charge in [0.05, 0.1) is 0 Å². The minimum absolute atomic E-state index is 0.406. The molecule has 0 bridgehead atoms. The van der Waals surface area contributed by atoms with Crippen LogP contribution in [0.4, 0.5) is 5.82 Å². The minimum Gasteiger partial charge on any atom is -0.389 e. The molecule has 0 saturated heterocycles. The Kier molecular flexibility index (Phi) is 4.49. The smallest absolute Gasteiger partial charge is 0.126 e. The molecule has 0 spiro atoms. The van der Waals surface area contributed by atoms with Crippen LogP contribution in [0.3, 0.4) is 0 Å². The third-order valence-electron chi connectivity index (χ3n) is 2.16. The first-order chi connectivity index (χ1) is 7.13. The average Bonchev–Trinajstić information content (AvgIpc) is 2.18. The molecule has 15 heavy (non-hydrogen) atoms. The van der Waals surface area contributed by atoms with Gasteiger partial charge in [-0.15, -0.1) is 0 Å². The fraction of sp³-hybridized carbons (Fsp3) is 0.455. The maximum atomic E-state index is 5.55. The number of thiocarbonyl (C=S) groups is 1. The van der Waals surface area contributed by atoms with Gasteiger partial charge in [-0.1, -0.05) is 25.6 Å². The third kappa shape index (κ3) is 3.83. The summed E-state index contributed by atoms with van der Waals surface area (Å²) in [5, 5.41) is 3.31. The minimum atomic E-state index is 0.406. The number of nitrogens with two attached hydrogens (primary N) is 1. The van der Waals surface area contributed by atoms with Crippen LogP contribution in [0, 0.1) is 0 Å². The van der Waals surface area contributed by atoms with Gasteiger partial charge in [0, 0.05) is 17.8 Å². The van der Waals surface area contributed by atoms with Crippen molar-refractivity contribution in [2.24, 2.45) is 5.73 Å². The van der Waals surface area contributed by atoms with Crippen LogP contribution < -0.4 is 11.1 Å². The average molecular weight is 223 g/mol. The van der Waals surface area contributed by atoms with Gasteiger partial charge in [0.2, 0.25) is 0 Å². The van der Waals surface area contributed by atoms with Crippen molar-refractivity contribution in [3.63, 3.8) is 0 Å². The van der Waals surface area contributed by atoms with Crippen LogP contribution in [-0.4, -0.2) is 16.0 Å². The normalized spacial score (nSPS) is 12.1. The lowest BCUT2D eigenvalue weighted by molar-refractivity contribution is 0.687. The SMILES string of the molecule is CCCC(C)Nc1cc(C(N)=S)ccn1. The molecule has 82 valence electrons. The highest BCUT2D eigenvalue weighted by Gasteiger charge is 2.03. The molecule has 0 amide bonds. The Morgan fingerprint density at radius 3 is 3.00 bits per heavy atom. The molecule has 3 nitrogen and oxygen atoms in total. The second kappa shape index (κ2) is 5.66. The fourth-order valence-electron chi connectivity index (χ4n) is 1.42. The first-order valence-electron chi connectivity index (χ1n) is 5.16. The molecule has 0 radical (unpaired) electrons. The van der Waals surface area contributed by atoms with Crippen molar-refractivity contribution < 1.29 is 0 Å². The first-order valence-corrected chi connectivity index (χ1v) is 5.56. The molecule has 1 heterocycles. The predicted octanol–water partition coefficient (Wildman–Crippen LogP) is 2.32. The third-order valence-corrected chi connectivity index (χ3v) is 2.40. The van der Waals surface area contributed by atoms with Crippen molar-refractivity contribution in [2.45, 2.75) is 32.7 Å². The molecule has 0 aliphatic heterocycles. The number of pyridine rings is 1. The van der Waals surface area contributed by atoms with Crippen LogP contribution in [0.5, 0.6) is 0 Å². The highest BCUT2D eigenvalue weighted by atomic mass is 32.1. The molecular formula is C11H17N3S. The summed E-state index contributed by atoms with van der Waals surface area (Å²) in [7, 11) is 0. The molecule has 0 aromatic carbocycles. The van der Waals surface area contributed by atoms with Crippen molar-refractivity contribution in [3.8, 4) is 0 Å². The van der Waals surface area contributed by atoms with Crippen LogP contribution in [0.15, 0.2) is 18.3 Å². The molecule has 0 fully saturated rings. The zero-order chi connectivity index (χ0) is 11.3. The van der Waals surface area contributed by atoms with E-state index in [2.05, 4.69) is 24.1 Å². The predicted molar refractivity (Wildman–Crippen MR) is 68.1 cm³/mol.